The minimum atomic E-state index is -3.89. The zero-order chi connectivity index (χ0) is 23.7. The predicted molar refractivity (Wildman–Crippen MR) is 140 cm³/mol. The molecule has 0 saturated carbocycles. The molecule has 0 bridgehead atoms. The maximum atomic E-state index is 13.3. The van der Waals surface area contributed by atoms with E-state index in [0.29, 0.717) is 12.2 Å². The van der Waals surface area contributed by atoms with Crippen molar-refractivity contribution in [2.45, 2.75) is 24.0 Å². The summed E-state index contributed by atoms with van der Waals surface area (Å²) in [5.74, 6) is 1.51. The highest BCUT2D eigenvalue weighted by Crippen LogP contribution is 2.26. The molecule has 3 rings (SSSR count). The Bertz CT molecular complexity index is 1170. The number of amides is 1. The van der Waals surface area contributed by atoms with Crippen molar-refractivity contribution in [2.24, 2.45) is 0 Å². The summed E-state index contributed by atoms with van der Waals surface area (Å²) in [6, 6.07) is 23.4. The number of nitrogens with zero attached hydrogens (tertiary/aromatic N) is 1. The third-order valence-corrected chi connectivity index (χ3v) is 8.39. The molecule has 3 aromatic carbocycles. The molecule has 0 heterocycles. The Morgan fingerprint density at radius 1 is 1.00 bits per heavy atom. The largest absolute Gasteiger partial charge is 0.354 e. The third kappa shape index (κ3) is 7.35. The molecule has 0 unspecified atom stereocenters. The monoisotopic (exact) mass is 546 g/mol. The van der Waals surface area contributed by atoms with E-state index in [2.05, 4.69) is 40.3 Å². The van der Waals surface area contributed by atoms with Crippen molar-refractivity contribution in [2.75, 3.05) is 23.1 Å². The zero-order valence-electron chi connectivity index (χ0n) is 18.4. The van der Waals surface area contributed by atoms with Crippen molar-refractivity contribution in [1.29, 1.82) is 0 Å². The molecule has 1 N–H and O–H groups in total. The normalized spacial score (nSPS) is 11.2. The first-order valence-electron chi connectivity index (χ1n) is 10.6. The summed E-state index contributed by atoms with van der Waals surface area (Å²) in [5, 5.41) is 2.86. The van der Waals surface area contributed by atoms with Crippen molar-refractivity contribution >= 4 is 49.3 Å². The van der Waals surface area contributed by atoms with E-state index in [4.69, 9.17) is 0 Å². The van der Waals surface area contributed by atoms with Crippen LogP contribution in [-0.4, -0.2) is 33.2 Å². The lowest BCUT2D eigenvalue weighted by Gasteiger charge is -2.24. The van der Waals surface area contributed by atoms with E-state index in [9.17, 15) is 13.2 Å². The molecule has 3 aromatic rings. The van der Waals surface area contributed by atoms with Gasteiger partial charge in [0.05, 0.1) is 10.6 Å². The molecule has 174 valence electrons. The van der Waals surface area contributed by atoms with Gasteiger partial charge in [0, 0.05) is 16.8 Å². The minimum absolute atomic E-state index is 0.144. The number of rotatable bonds is 11. The van der Waals surface area contributed by atoms with Gasteiger partial charge in [0.25, 0.3) is 10.0 Å². The number of hydrogen-bond donors (Lipinski definition) is 1. The number of carbonyl (C=O) groups is 1. The fourth-order valence-electron chi connectivity index (χ4n) is 3.21. The molecule has 0 spiro atoms. The molecule has 0 radical (unpaired) electrons. The molecule has 0 saturated heterocycles. The molecule has 1 amide bonds. The van der Waals surface area contributed by atoms with Crippen LogP contribution in [0.4, 0.5) is 5.69 Å². The second kappa shape index (κ2) is 12.3. The van der Waals surface area contributed by atoms with Gasteiger partial charge in [-0.3, -0.25) is 9.10 Å². The maximum absolute atomic E-state index is 13.3. The lowest BCUT2D eigenvalue weighted by Crippen LogP contribution is -2.41. The number of sulfonamides is 1. The minimum Gasteiger partial charge on any atom is -0.354 e. The van der Waals surface area contributed by atoms with E-state index >= 15 is 0 Å². The van der Waals surface area contributed by atoms with Gasteiger partial charge in [-0.15, -0.1) is 0 Å². The van der Waals surface area contributed by atoms with Crippen LogP contribution in [0.15, 0.2) is 88.2 Å². The summed E-state index contributed by atoms with van der Waals surface area (Å²) < 4.78 is 28.5. The first-order valence-corrected chi connectivity index (χ1v) is 14.0. The van der Waals surface area contributed by atoms with Crippen LogP contribution in [0.5, 0.6) is 0 Å². The number of aryl methyl sites for hydroxylation is 1. The Balaban J connectivity index is 1.57. The summed E-state index contributed by atoms with van der Waals surface area (Å²) in [6.07, 6.45) is 0.810. The van der Waals surface area contributed by atoms with Crippen LogP contribution < -0.4 is 9.62 Å². The Labute approximate surface area is 208 Å². The van der Waals surface area contributed by atoms with Gasteiger partial charge in [0.1, 0.15) is 6.54 Å². The van der Waals surface area contributed by atoms with Gasteiger partial charge in [-0.25, -0.2) is 8.42 Å². The van der Waals surface area contributed by atoms with Crippen LogP contribution in [0, 0.1) is 6.92 Å². The van der Waals surface area contributed by atoms with E-state index in [1.54, 1.807) is 36.4 Å². The van der Waals surface area contributed by atoms with E-state index in [-0.39, 0.29) is 17.3 Å². The summed E-state index contributed by atoms with van der Waals surface area (Å²) in [6.45, 7) is 2.32. The van der Waals surface area contributed by atoms with Crippen LogP contribution in [0.25, 0.3) is 0 Å². The van der Waals surface area contributed by atoms with Gasteiger partial charge in [-0.05, 0) is 60.6 Å². The lowest BCUT2D eigenvalue weighted by atomic mass is 10.1. The quantitative estimate of drug-likeness (QED) is 0.327. The van der Waals surface area contributed by atoms with E-state index in [0.717, 1.165) is 26.7 Å². The average Bonchev–Trinajstić information content (AvgIpc) is 2.81. The van der Waals surface area contributed by atoms with Crippen molar-refractivity contribution in [3.8, 4) is 0 Å². The first-order chi connectivity index (χ1) is 15.9. The van der Waals surface area contributed by atoms with E-state index in [1.165, 1.54) is 23.3 Å². The molecule has 0 aromatic heterocycles. The van der Waals surface area contributed by atoms with Crippen molar-refractivity contribution in [1.82, 2.24) is 5.32 Å². The lowest BCUT2D eigenvalue weighted by molar-refractivity contribution is -0.119. The van der Waals surface area contributed by atoms with Crippen LogP contribution in [0.1, 0.15) is 17.5 Å². The molecule has 0 aliphatic carbocycles. The summed E-state index contributed by atoms with van der Waals surface area (Å²) in [5.41, 5.74) is 3.03. The molecular formula is C25H27BrN2O3S2. The first kappa shape index (κ1) is 25.3. The van der Waals surface area contributed by atoms with E-state index in [1.807, 2.05) is 30.0 Å². The Morgan fingerprint density at radius 2 is 1.73 bits per heavy atom. The number of anilines is 1. The SMILES string of the molecule is Cc1ccccc1CSCCCNC(=O)CN(c1cccc(Br)c1)S(=O)(=O)c1ccccc1. The van der Waals surface area contributed by atoms with Gasteiger partial charge in [-0.2, -0.15) is 11.8 Å². The summed E-state index contributed by atoms with van der Waals surface area (Å²) in [7, 11) is -3.89. The second-order valence-electron chi connectivity index (χ2n) is 7.49. The molecule has 5 nitrogen and oxygen atoms in total. The van der Waals surface area contributed by atoms with Gasteiger partial charge in [0.15, 0.2) is 0 Å². The summed E-state index contributed by atoms with van der Waals surface area (Å²) in [4.78, 5) is 12.8. The number of benzene rings is 3. The Hall–Kier alpha value is -2.29. The van der Waals surface area contributed by atoms with Gasteiger partial charge in [-0.1, -0.05) is 64.5 Å². The topological polar surface area (TPSA) is 66.5 Å². The van der Waals surface area contributed by atoms with Crippen molar-refractivity contribution in [3.05, 3.63) is 94.5 Å². The van der Waals surface area contributed by atoms with Crippen LogP contribution in [0.2, 0.25) is 0 Å². The number of halogens is 1. The summed E-state index contributed by atoms with van der Waals surface area (Å²) >= 11 is 5.21. The molecule has 0 atom stereocenters. The van der Waals surface area contributed by atoms with Gasteiger partial charge in [0.2, 0.25) is 5.91 Å². The third-order valence-electron chi connectivity index (χ3n) is 5.02. The molecular weight excluding hydrogens is 520 g/mol. The van der Waals surface area contributed by atoms with Gasteiger partial charge >= 0.3 is 0 Å². The number of carbonyl (C=O) groups excluding carboxylic acids is 1. The standard InChI is InChI=1S/C25H27BrN2O3S2/c1-20-9-5-6-10-21(20)19-32-16-8-15-27-25(29)18-28(23-12-7-11-22(26)17-23)33(30,31)24-13-3-2-4-14-24/h2-7,9-14,17H,8,15-16,18-19H2,1H3,(H,27,29). The molecule has 0 fully saturated rings. The highest BCUT2D eigenvalue weighted by atomic mass is 79.9. The smallest absolute Gasteiger partial charge is 0.264 e. The maximum Gasteiger partial charge on any atom is 0.264 e. The second-order valence-corrected chi connectivity index (χ2v) is 11.4. The number of nitrogens with one attached hydrogen (secondary N) is 1. The van der Waals surface area contributed by atoms with Crippen LogP contribution in [-0.2, 0) is 20.6 Å². The Morgan fingerprint density at radius 3 is 2.45 bits per heavy atom. The number of thioether (sulfide) groups is 1. The molecule has 33 heavy (non-hydrogen) atoms. The fourth-order valence-corrected chi connectivity index (χ4v) is 6.07. The molecule has 0 aliphatic heterocycles. The average molecular weight is 548 g/mol. The van der Waals surface area contributed by atoms with Crippen LogP contribution >= 0.6 is 27.7 Å². The fraction of sp³-hybridized carbons (Fsp3) is 0.240. The molecule has 0 aliphatic rings. The zero-order valence-corrected chi connectivity index (χ0v) is 21.6. The number of hydrogen-bond acceptors (Lipinski definition) is 4. The molecule has 8 heteroatoms. The van der Waals surface area contributed by atoms with Crippen LogP contribution in [0.3, 0.4) is 0 Å². The highest BCUT2D eigenvalue weighted by Gasteiger charge is 2.27. The Kier molecular flexibility index (Phi) is 9.41. The van der Waals surface area contributed by atoms with Crippen molar-refractivity contribution in [3.63, 3.8) is 0 Å². The van der Waals surface area contributed by atoms with Crippen molar-refractivity contribution < 1.29 is 13.2 Å². The predicted octanol–water partition coefficient (Wildman–Crippen LogP) is 5.39. The van der Waals surface area contributed by atoms with Gasteiger partial charge < -0.3 is 5.32 Å². The van der Waals surface area contributed by atoms with E-state index < -0.39 is 10.0 Å². The highest BCUT2D eigenvalue weighted by molar-refractivity contribution is 9.10.